The van der Waals surface area contributed by atoms with Gasteiger partial charge in [0, 0.05) is 9.75 Å². The van der Waals surface area contributed by atoms with Crippen molar-refractivity contribution in [2.75, 3.05) is 5.32 Å². The molecule has 90 valence electrons. The fourth-order valence-corrected chi connectivity index (χ4v) is 2.50. The van der Waals surface area contributed by atoms with E-state index in [1.807, 2.05) is 13.8 Å². The van der Waals surface area contributed by atoms with Crippen LogP contribution in [-0.2, 0) is 6.54 Å². The second kappa shape index (κ2) is 5.02. The summed E-state index contributed by atoms with van der Waals surface area (Å²) < 4.78 is 0. The number of rotatable bonds is 3. The molecule has 2 aromatic heterocycles. The molecule has 2 heterocycles. The molecule has 0 saturated carbocycles. The number of hydrogen-bond donors (Lipinski definition) is 1. The molecule has 0 radical (unpaired) electrons. The topological polar surface area (TPSA) is 37.8 Å². The van der Waals surface area contributed by atoms with Gasteiger partial charge in [0.25, 0.3) is 0 Å². The summed E-state index contributed by atoms with van der Waals surface area (Å²) in [5.74, 6) is 0.804. The summed E-state index contributed by atoms with van der Waals surface area (Å²) in [6.45, 7) is 6.82. The summed E-state index contributed by atoms with van der Waals surface area (Å²) in [6.07, 6.45) is 0. The molecule has 0 spiro atoms. The van der Waals surface area contributed by atoms with Crippen LogP contribution in [0.15, 0.2) is 12.1 Å². The molecule has 0 atom stereocenters. The third-order valence-electron chi connectivity index (χ3n) is 2.69. The van der Waals surface area contributed by atoms with E-state index in [2.05, 4.69) is 34.6 Å². The number of halogens is 1. The minimum absolute atomic E-state index is 0.472. The summed E-state index contributed by atoms with van der Waals surface area (Å²) in [6, 6.07) is 4.24. The van der Waals surface area contributed by atoms with E-state index < -0.39 is 0 Å². The van der Waals surface area contributed by atoms with E-state index in [0.717, 1.165) is 23.5 Å². The molecule has 2 aromatic rings. The third kappa shape index (κ3) is 2.76. The maximum absolute atomic E-state index is 5.91. The van der Waals surface area contributed by atoms with Gasteiger partial charge in [0.05, 0.1) is 6.54 Å². The number of thiophene rings is 1. The van der Waals surface area contributed by atoms with Gasteiger partial charge in [0.15, 0.2) is 11.0 Å². The number of nitrogens with zero attached hydrogens (tertiary/aromatic N) is 2. The SMILES string of the molecule is Cc1ccc(CNc2nnc(Cl)c(C)c2C)s1. The predicted octanol–water partition coefficient (Wildman–Crippen LogP) is 3.73. The van der Waals surface area contributed by atoms with E-state index >= 15 is 0 Å². The second-order valence-electron chi connectivity index (χ2n) is 3.96. The lowest BCUT2D eigenvalue weighted by molar-refractivity contribution is 0.976. The smallest absolute Gasteiger partial charge is 0.155 e. The van der Waals surface area contributed by atoms with Crippen LogP contribution in [0, 0.1) is 20.8 Å². The quantitative estimate of drug-likeness (QED) is 0.921. The lowest BCUT2D eigenvalue weighted by atomic mass is 10.2. The predicted molar refractivity (Wildman–Crippen MR) is 72.9 cm³/mol. The van der Waals surface area contributed by atoms with Crippen LogP contribution in [0.1, 0.15) is 20.9 Å². The lowest BCUT2D eigenvalue weighted by Crippen LogP contribution is -2.05. The molecule has 17 heavy (non-hydrogen) atoms. The summed E-state index contributed by atoms with van der Waals surface area (Å²) in [4.78, 5) is 2.60. The Kier molecular flexibility index (Phi) is 3.64. The zero-order valence-corrected chi connectivity index (χ0v) is 11.6. The van der Waals surface area contributed by atoms with Gasteiger partial charge in [0.2, 0.25) is 0 Å². The maximum Gasteiger partial charge on any atom is 0.155 e. The molecule has 0 unspecified atom stereocenters. The van der Waals surface area contributed by atoms with Crippen LogP contribution < -0.4 is 5.32 Å². The fourth-order valence-electron chi connectivity index (χ4n) is 1.50. The number of aromatic nitrogens is 2. The second-order valence-corrected chi connectivity index (χ2v) is 5.69. The Labute approximate surface area is 110 Å². The van der Waals surface area contributed by atoms with E-state index in [1.165, 1.54) is 9.75 Å². The standard InChI is InChI=1S/C12H14ClN3S/c1-7-4-5-10(17-7)6-14-12-9(3)8(2)11(13)15-16-12/h4-5H,6H2,1-3H3,(H,14,16). The van der Waals surface area contributed by atoms with E-state index in [1.54, 1.807) is 11.3 Å². The van der Waals surface area contributed by atoms with Gasteiger partial charge in [-0.15, -0.1) is 21.5 Å². The molecule has 2 rings (SSSR count). The van der Waals surface area contributed by atoms with E-state index in [4.69, 9.17) is 11.6 Å². The maximum atomic E-state index is 5.91. The Morgan fingerprint density at radius 2 is 1.94 bits per heavy atom. The molecular formula is C12H14ClN3S. The van der Waals surface area contributed by atoms with Gasteiger partial charge in [-0.3, -0.25) is 0 Å². The Morgan fingerprint density at radius 3 is 2.59 bits per heavy atom. The highest BCUT2D eigenvalue weighted by Gasteiger charge is 2.07. The molecule has 5 heteroatoms. The first-order valence-corrected chi connectivity index (χ1v) is 6.56. The zero-order chi connectivity index (χ0) is 12.4. The minimum Gasteiger partial charge on any atom is -0.363 e. The van der Waals surface area contributed by atoms with Crippen molar-refractivity contribution < 1.29 is 0 Å². The number of anilines is 1. The normalized spacial score (nSPS) is 10.6. The largest absolute Gasteiger partial charge is 0.363 e. The van der Waals surface area contributed by atoms with Gasteiger partial charge in [0.1, 0.15) is 0 Å². The van der Waals surface area contributed by atoms with Gasteiger partial charge in [-0.05, 0) is 44.0 Å². The molecule has 0 amide bonds. The van der Waals surface area contributed by atoms with Crippen LogP contribution in [0.25, 0.3) is 0 Å². The first-order valence-electron chi connectivity index (χ1n) is 5.36. The average Bonchev–Trinajstić information content (AvgIpc) is 2.71. The minimum atomic E-state index is 0.472. The molecule has 0 bridgehead atoms. The van der Waals surface area contributed by atoms with Crippen LogP contribution in [0.2, 0.25) is 5.15 Å². The van der Waals surface area contributed by atoms with Gasteiger partial charge >= 0.3 is 0 Å². The molecule has 0 aliphatic rings. The van der Waals surface area contributed by atoms with Crippen LogP contribution >= 0.6 is 22.9 Å². The van der Waals surface area contributed by atoms with Gasteiger partial charge < -0.3 is 5.32 Å². The molecule has 0 aliphatic heterocycles. The summed E-state index contributed by atoms with van der Waals surface area (Å²) in [7, 11) is 0. The Morgan fingerprint density at radius 1 is 1.18 bits per heavy atom. The third-order valence-corrected chi connectivity index (χ3v) is 4.05. The average molecular weight is 268 g/mol. The van der Waals surface area contributed by atoms with E-state index in [9.17, 15) is 0 Å². The van der Waals surface area contributed by atoms with Crippen molar-refractivity contribution in [2.24, 2.45) is 0 Å². The van der Waals surface area contributed by atoms with Gasteiger partial charge in [-0.25, -0.2) is 0 Å². The first kappa shape index (κ1) is 12.3. The molecule has 0 aliphatic carbocycles. The molecule has 0 aromatic carbocycles. The highest BCUT2D eigenvalue weighted by atomic mass is 35.5. The van der Waals surface area contributed by atoms with Crippen molar-refractivity contribution in [3.05, 3.63) is 38.2 Å². The molecule has 0 fully saturated rings. The van der Waals surface area contributed by atoms with Crippen LogP contribution in [0.4, 0.5) is 5.82 Å². The van der Waals surface area contributed by atoms with E-state index in [-0.39, 0.29) is 0 Å². The highest BCUT2D eigenvalue weighted by Crippen LogP contribution is 2.22. The van der Waals surface area contributed by atoms with Crippen molar-refractivity contribution >= 4 is 28.8 Å². The summed E-state index contributed by atoms with van der Waals surface area (Å²) in [5, 5.41) is 11.7. The van der Waals surface area contributed by atoms with Crippen molar-refractivity contribution in [1.82, 2.24) is 10.2 Å². The fraction of sp³-hybridized carbons (Fsp3) is 0.333. The van der Waals surface area contributed by atoms with Crippen LogP contribution in [0.3, 0.4) is 0 Å². The molecule has 3 nitrogen and oxygen atoms in total. The monoisotopic (exact) mass is 267 g/mol. The Hall–Kier alpha value is -1.13. The van der Waals surface area contributed by atoms with Crippen molar-refractivity contribution in [3.63, 3.8) is 0 Å². The van der Waals surface area contributed by atoms with Crippen molar-refractivity contribution in [3.8, 4) is 0 Å². The van der Waals surface area contributed by atoms with Crippen molar-refractivity contribution in [1.29, 1.82) is 0 Å². The van der Waals surface area contributed by atoms with Gasteiger partial charge in [-0.1, -0.05) is 11.6 Å². The van der Waals surface area contributed by atoms with Gasteiger partial charge in [-0.2, -0.15) is 0 Å². The van der Waals surface area contributed by atoms with E-state index in [0.29, 0.717) is 5.15 Å². The lowest BCUT2D eigenvalue weighted by Gasteiger charge is -2.09. The molecular weight excluding hydrogens is 254 g/mol. The van der Waals surface area contributed by atoms with Crippen LogP contribution in [0.5, 0.6) is 0 Å². The summed E-state index contributed by atoms with van der Waals surface area (Å²) in [5.41, 5.74) is 2.03. The number of hydrogen-bond acceptors (Lipinski definition) is 4. The van der Waals surface area contributed by atoms with Crippen molar-refractivity contribution in [2.45, 2.75) is 27.3 Å². The number of aryl methyl sites for hydroxylation is 1. The Bertz CT molecular complexity index is 537. The highest BCUT2D eigenvalue weighted by molar-refractivity contribution is 7.11. The molecule has 1 N–H and O–H groups in total. The molecule has 0 saturated heterocycles. The summed E-state index contributed by atoms with van der Waals surface area (Å²) >= 11 is 7.69. The first-order chi connectivity index (χ1) is 8.08. The van der Waals surface area contributed by atoms with Crippen LogP contribution in [-0.4, -0.2) is 10.2 Å². The Balaban J connectivity index is 2.12. The zero-order valence-electron chi connectivity index (χ0n) is 10.0. The number of nitrogens with one attached hydrogen (secondary N) is 1.